The van der Waals surface area contributed by atoms with Crippen LogP contribution in [0.25, 0.3) is 32.6 Å². The number of nitrogens with zero attached hydrogens (tertiary/aromatic N) is 3. The fourth-order valence-electron chi connectivity index (χ4n) is 4.80. The van der Waals surface area contributed by atoms with Crippen molar-refractivity contribution >= 4 is 50.5 Å². The van der Waals surface area contributed by atoms with Gasteiger partial charge in [-0.25, -0.2) is 0 Å². The summed E-state index contributed by atoms with van der Waals surface area (Å²) in [6.07, 6.45) is 11.2. The van der Waals surface area contributed by atoms with E-state index in [0.717, 1.165) is 41.3 Å². The Labute approximate surface area is 245 Å². The van der Waals surface area contributed by atoms with Crippen LogP contribution in [0.5, 0.6) is 0 Å². The quantitative estimate of drug-likeness (QED) is 0.124. The number of carbonyl (C=O) groups is 1. The summed E-state index contributed by atoms with van der Waals surface area (Å²) in [5.74, 6) is -0.119. The number of nitrogens with one attached hydrogen (secondary N) is 2. The van der Waals surface area contributed by atoms with Crippen LogP contribution in [0.15, 0.2) is 60.7 Å². The maximum Gasteiger partial charge on any atom is 0.226 e. The number of benzene rings is 2. The number of unbranched alkanes of at least 4 members (excludes halogenated alkanes) is 8. The number of thiocarbonyl (C=S) groups is 1. The number of hydrogen-bond acceptors (Lipinski definition) is 6. The van der Waals surface area contributed by atoms with Crippen molar-refractivity contribution in [3.63, 3.8) is 0 Å². The summed E-state index contributed by atoms with van der Waals surface area (Å²) in [5.41, 5.74) is 3.99. The minimum absolute atomic E-state index is 0.119. The van der Waals surface area contributed by atoms with E-state index in [2.05, 4.69) is 33.8 Å². The number of nitriles is 1. The molecule has 2 heterocycles. The van der Waals surface area contributed by atoms with E-state index in [-0.39, 0.29) is 11.0 Å². The Bertz CT molecular complexity index is 1460. The molecule has 0 bridgehead atoms. The molecule has 40 heavy (non-hydrogen) atoms. The Balaban J connectivity index is 1.49. The van der Waals surface area contributed by atoms with Gasteiger partial charge in [-0.05, 0) is 24.2 Å². The second kappa shape index (κ2) is 15.2. The molecule has 6 nitrogen and oxygen atoms in total. The highest BCUT2D eigenvalue weighted by Crippen LogP contribution is 2.44. The first-order valence-electron chi connectivity index (χ1n) is 14.1. The van der Waals surface area contributed by atoms with Crippen LogP contribution in [0.3, 0.4) is 0 Å². The third-order valence-electron chi connectivity index (χ3n) is 6.83. The first-order valence-corrected chi connectivity index (χ1v) is 15.3. The van der Waals surface area contributed by atoms with Gasteiger partial charge in [-0.3, -0.25) is 4.79 Å². The molecule has 2 aromatic heterocycles. The van der Waals surface area contributed by atoms with Gasteiger partial charge in [0.1, 0.15) is 21.5 Å². The molecular weight excluding hydrogens is 535 g/mol. The maximum atomic E-state index is 12.6. The van der Waals surface area contributed by atoms with Crippen LogP contribution in [-0.2, 0) is 4.79 Å². The molecule has 0 saturated carbocycles. The summed E-state index contributed by atoms with van der Waals surface area (Å²) in [5, 5.41) is 25.9. The van der Waals surface area contributed by atoms with Crippen LogP contribution in [0.2, 0.25) is 0 Å². The molecule has 0 aliphatic rings. The summed E-state index contributed by atoms with van der Waals surface area (Å²) < 4.78 is 0. The molecule has 0 aliphatic carbocycles. The monoisotopic (exact) mass is 569 g/mol. The van der Waals surface area contributed by atoms with Crippen molar-refractivity contribution < 1.29 is 4.79 Å². The minimum atomic E-state index is -0.119. The lowest BCUT2D eigenvalue weighted by Crippen LogP contribution is -2.34. The number of rotatable bonds is 13. The van der Waals surface area contributed by atoms with E-state index in [1.807, 2.05) is 60.7 Å². The van der Waals surface area contributed by atoms with Gasteiger partial charge in [0.2, 0.25) is 5.91 Å². The molecule has 0 fully saturated rings. The highest BCUT2D eigenvalue weighted by Gasteiger charge is 2.23. The number of anilines is 1. The van der Waals surface area contributed by atoms with Gasteiger partial charge in [0.25, 0.3) is 0 Å². The Morgan fingerprint density at radius 2 is 1.48 bits per heavy atom. The molecule has 0 atom stereocenters. The Morgan fingerprint density at radius 1 is 0.875 bits per heavy atom. The van der Waals surface area contributed by atoms with Gasteiger partial charge in [0, 0.05) is 22.9 Å². The Morgan fingerprint density at radius 3 is 2.10 bits per heavy atom. The van der Waals surface area contributed by atoms with Crippen LogP contribution in [-0.4, -0.2) is 21.2 Å². The van der Waals surface area contributed by atoms with Crippen molar-refractivity contribution in [1.82, 2.24) is 15.5 Å². The van der Waals surface area contributed by atoms with Gasteiger partial charge in [-0.1, -0.05) is 119 Å². The van der Waals surface area contributed by atoms with Crippen molar-refractivity contribution in [2.24, 2.45) is 0 Å². The average molecular weight is 570 g/mol. The first-order chi connectivity index (χ1) is 19.6. The van der Waals surface area contributed by atoms with Gasteiger partial charge < -0.3 is 10.6 Å². The molecule has 1 amide bonds. The lowest BCUT2D eigenvalue weighted by Gasteiger charge is -2.14. The van der Waals surface area contributed by atoms with E-state index >= 15 is 0 Å². The fourth-order valence-corrected chi connectivity index (χ4v) is 5.90. The summed E-state index contributed by atoms with van der Waals surface area (Å²) in [7, 11) is 0. The largest absolute Gasteiger partial charge is 0.330 e. The number of thiophene rings is 1. The maximum absolute atomic E-state index is 12.6. The highest BCUT2D eigenvalue weighted by molar-refractivity contribution is 7.80. The standard InChI is InChI=1S/C32H35N5OS2/c1-2-3-4-5-6-7-8-9-16-21-26(38)34-32(39)35-30-25(22-33)40-31-28(30)27(23-17-12-10-13-18-23)29(36-37-31)24-19-14-11-15-20-24/h10-15,17-20H,2-9,16,21H2,1H3,(H2,34,35,38,39). The molecule has 0 unspecified atom stereocenters. The molecule has 206 valence electrons. The molecule has 8 heteroatoms. The predicted molar refractivity (Wildman–Crippen MR) is 169 cm³/mol. The molecule has 0 radical (unpaired) electrons. The number of amides is 1. The SMILES string of the molecule is CCCCCCCCCCCC(=O)NC(=S)Nc1c(C#N)sc2nnc(-c3ccccc3)c(-c3ccccc3)c12. The van der Waals surface area contributed by atoms with E-state index in [1.165, 1.54) is 49.9 Å². The predicted octanol–water partition coefficient (Wildman–Crippen LogP) is 8.63. The molecule has 0 spiro atoms. The van der Waals surface area contributed by atoms with Crippen LogP contribution in [0.4, 0.5) is 5.69 Å². The lowest BCUT2D eigenvalue weighted by molar-refractivity contribution is -0.119. The van der Waals surface area contributed by atoms with Crippen molar-refractivity contribution in [1.29, 1.82) is 5.26 Å². The summed E-state index contributed by atoms with van der Waals surface area (Å²) >= 11 is 6.78. The van der Waals surface area contributed by atoms with Crippen LogP contribution in [0.1, 0.15) is 76.0 Å². The van der Waals surface area contributed by atoms with Crippen molar-refractivity contribution in [3.05, 3.63) is 65.5 Å². The zero-order valence-electron chi connectivity index (χ0n) is 22.9. The van der Waals surface area contributed by atoms with E-state index in [9.17, 15) is 10.1 Å². The normalized spacial score (nSPS) is 10.8. The van der Waals surface area contributed by atoms with E-state index in [1.54, 1.807) is 0 Å². The molecule has 4 aromatic rings. The first kappa shape index (κ1) is 29.3. The van der Waals surface area contributed by atoms with Crippen molar-refractivity contribution in [2.45, 2.75) is 71.1 Å². The summed E-state index contributed by atoms with van der Waals surface area (Å²) in [4.78, 5) is 13.7. The number of hydrogen-bond donors (Lipinski definition) is 2. The number of carbonyl (C=O) groups excluding carboxylic acids is 1. The Hall–Kier alpha value is -3.67. The smallest absolute Gasteiger partial charge is 0.226 e. The second-order valence-corrected chi connectivity index (χ2v) is 11.2. The topological polar surface area (TPSA) is 90.7 Å². The van der Waals surface area contributed by atoms with Gasteiger partial charge in [-0.15, -0.1) is 21.5 Å². The third kappa shape index (κ3) is 7.71. The average Bonchev–Trinajstić information content (AvgIpc) is 3.33. The molecule has 0 aliphatic heterocycles. The van der Waals surface area contributed by atoms with Crippen molar-refractivity contribution in [2.75, 3.05) is 5.32 Å². The Kier molecular flexibility index (Phi) is 11.1. The van der Waals surface area contributed by atoms with E-state index < -0.39 is 0 Å². The molecule has 4 rings (SSSR count). The summed E-state index contributed by atoms with van der Waals surface area (Å²) in [6, 6.07) is 22.1. The van der Waals surface area contributed by atoms with Gasteiger partial charge in [0.05, 0.1) is 5.69 Å². The fraction of sp³-hybridized carbons (Fsp3) is 0.344. The number of fused-ring (bicyclic) bond motifs is 1. The summed E-state index contributed by atoms with van der Waals surface area (Å²) in [6.45, 7) is 2.23. The zero-order chi connectivity index (χ0) is 28.2. The van der Waals surface area contributed by atoms with Crippen LogP contribution < -0.4 is 10.6 Å². The van der Waals surface area contributed by atoms with Crippen molar-refractivity contribution in [3.8, 4) is 28.5 Å². The lowest BCUT2D eigenvalue weighted by atomic mass is 9.96. The third-order valence-corrected chi connectivity index (χ3v) is 8.01. The zero-order valence-corrected chi connectivity index (χ0v) is 24.5. The highest BCUT2D eigenvalue weighted by atomic mass is 32.1. The van der Waals surface area contributed by atoms with Gasteiger partial charge in [-0.2, -0.15) is 5.26 Å². The van der Waals surface area contributed by atoms with Crippen LogP contribution in [0, 0.1) is 11.3 Å². The van der Waals surface area contributed by atoms with Crippen LogP contribution >= 0.6 is 23.6 Å². The molecule has 0 saturated heterocycles. The van der Waals surface area contributed by atoms with Gasteiger partial charge in [0.15, 0.2) is 5.11 Å². The molecule has 2 aromatic carbocycles. The van der Waals surface area contributed by atoms with E-state index in [4.69, 9.17) is 12.2 Å². The molecule has 2 N–H and O–H groups in total. The van der Waals surface area contributed by atoms with Gasteiger partial charge >= 0.3 is 0 Å². The van der Waals surface area contributed by atoms with E-state index in [0.29, 0.717) is 27.5 Å². The minimum Gasteiger partial charge on any atom is -0.330 e. The molecular formula is C32H35N5OS2. The number of aromatic nitrogens is 2. The second-order valence-electron chi connectivity index (χ2n) is 9.83.